The third-order valence-electron chi connectivity index (χ3n) is 5.73. The maximum Gasteiger partial charge on any atom is 0.255 e. The molecular weight excluding hydrogens is 422 g/mol. The summed E-state index contributed by atoms with van der Waals surface area (Å²) < 4.78 is 26.1. The van der Waals surface area contributed by atoms with E-state index in [-0.39, 0.29) is 11.7 Å². The van der Waals surface area contributed by atoms with Crippen LogP contribution in [0.5, 0.6) is 0 Å². The van der Waals surface area contributed by atoms with Gasteiger partial charge in [-0.15, -0.1) is 0 Å². The van der Waals surface area contributed by atoms with Crippen molar-refractivity contribution in [3.05, 3.63) is 64.7 Å². The molecule has 0 atom stereocenters. The number of hydrogen-bond acceptors (Lipinski definition) is 4. The second-order valence-electron chi connectivity index (χ2n) is 7.81. The quantitative estimate of drug-likeness (QED) is 0.722. The zero-order chi connectivity index (χ0) is 21.1. The number of hydrogen-bond donors (Lipinski definition) is 0. The molecule has 0 unspecified atom stereocenters. The number of piperazine rings is 1. The van der Waals surface area contributed by atoms with Gasteiger partial charge in [0.05, 0.1) is 22.0 Å². The van der Waals surface area contributed by atoms with E-state index in [1.807, 2.05) is 23.1 Å². The molecule has 0 bridgehead atoms. The normalized spacial score (nSPS) is 19.6. The van der Waals surface area contributed by atoms with Crippen molar-refractivity contribution in [2.24, 2.45) is 0 Å². The van der Waals surface area contributed by atoms with Gasteiger partial charge in [0.2, 0.25) is 10.0 Å². The molecular formula is C22H26ClN3O3S. The number of sulfonamides is 1. The third-order valence-corrected chi connectivity index (χ3v) is 7.91. The summed E-state index contributed by atoms with van der Waals surface area (Å²) >= 11 is 6.41. The lowest BCUT2D eigenvalue weighted by molar-refractivity contribution is 0.0628. The fourth-order valence-corrected chi connectivity index (χ4v) is 5.92. The highest BCUT2D eigenvalue weighted by Gasteiger charge is 2.28. The Balaban J connectivity index is 1.40. The highest BCUT2D eigenvalue weighted by atomic mass is 35.5. The van der Waals surface area contributed by atoms with Crippen molar-refractivity contribution in [3.63, 3.8) is 0 Å². The standard InChI is InChI=1S/C22H26ClN3O3S/c23-21-16-19(26-10-4-5-15-30(26,28)29)8-9-20(21)22(27)25-13-11-24(12-14-25)17-18-6-2-1-3-7-18/h1-3,6-9,16H,4-5,10-15,17H2. The Labute approximate surface area is 183 Å². The summed E-state index contributed by atoms with van der Waals surface area (Å²) in [7, 11) is -3.31. The van der Waals surface area contributed by atoms with E-state index in [2.05, 4.69) is 17.0 Å². The largest absolute Gasteiger partial charge is 0.336 e. The van der Waals surface area contributed by atoms with Crippen LogP contribution in [-0.2, 0) is 16.6 Å². The molecule has 0 spiro atoms. The van der Waals surface area contributed by atoms with Gasteiger partial charge in [-0.1, -0.05) is 41.9 Å². The lowest BCUT2D eigenvalue weighted by Crippen LogP contribution is -2.48. The number of anilines is 1. The smallest absolute Gasteiger partial charge is 0.255 e. The summed E-state index contributed by atoms with van der Waals surface area (Å²) in [6, 6.07) is 15.3. The molecule has 0 N–H and O–H groups in total. The highest BCUT2D eigenvalue weighted by Crippen LogP contribution is 2.29. The molecule has 4 rings (SSSR count). The Morgan fingerprint density at radius 3 is 2.33 bits per heavy atom. The minimum atomic E-state index is -3.31. The number of nitrogens with zero attached hydrogens (tertiary/aromatic N) is 3. The van der Waals surface area contributed by atoms with Crippen LogP contribution in [0.1, 0.15) is 28.8 Å². The molecule has 30 heavy (non-hydrogen) atoms. The van der Waals surface area contributed by atoms with Gasteiger partial charge < -0.3 is 4.90 Å². The fourth-order valence-electron chi connectivity index (χ4n) is 4.03. The monoisotopic (exact) mass is 447 g/mol. The summed E-state index contributed by atoms with van der Waals surface area (Å²) in [5.74, 6) is 0.0471. The van der Waals surface area contributed by atoms with Gasteiger partial charge in [-0.25, -0.2) is 8.42 Å². The number of halogens is 1. The highest BCUT2D eigenvalue weighted by molar-refractivity contribution is 7.92. The van der Waals surface area contributed by atoms with E-state index < -0.39 is 10.0 Å². The van der Waals surface area contributed by atoms with Crippen LogP contribution in [0, 0.1) is 0 Å². The zero-order valence-electron chi connectivity index (χ0n) is 16.8. The Kier molecular flexibility index (Phi) is 6.32. The van der Waals surface area contributed by atoms with E-state index in [9.17, 15) is 13.2 Å². The summed E-state index contributed by atoms with van der Waals surface area (Å²) in [6.45, 7) is 4.23. The third kappa shape index (κ3) is 4.63. The fraction of sp³-hybridized carbons (Fsp3) is 0.409. The molecule has 160 valence electrons. The van der Waals surface area contributed by atoms with Crippen molar-refractivity contribution >= 4 is 33.2 Å². The topological polar surface area (TPSA) is 60.9 Å². The van der Waals surface area contributed by atoms with Crippen molar-refractivity contribution in [2.45, 2.75) is 19.4 Å². The summed E-state index contributed by atoms with van der Waals surface area (Å²) in [5, 5.41) is 0.296. The van der Waals surface area contributed by atoms with E-state index in [4.69, 9.17) is 11.6 Å². The molecule has 0 saturated carbocycles. The van der Waals surface area contributed by atoms with Gasteiger partial charge in [0.1, 0.15) is 0 Å². The van der Waals surface area contributed by atoms with Crippen LogP contribution in [0.3, 0.4) is 0 Å². The summed E-state index contributed by atoms with van der Waals surface area (Å²) in [6.07, 6.45) is 1.50. The van der Waals surface area contributed by atoms with Crippen molar-refractivity contribution in [3.8, 4) is 0 Å². The molecule has 2 saturated heterocycles. The molecule has 2 heterocycles. The Morgan fingerprint density at radius 1 is 0.933 bits per heavy atom. The van der Waals surface area contributed by atoms with Gasteiger partial charge in [0.25, 0.3) is 5.91 Å². The first kappa shape index (κ1) is 21.2. The van der Waals surface area contributed by atoms with Crippen LogP contribution in [0.25, 0.3) is 0 Å². The van der Waals surface area contributed by atoms with Crippen LogP contribution >= 0.6 is 11.6 Å². The summed E-state index contributed by atoms with van der Waals surface area (Å²) in [5.41, 5.74) is 2.22. The van der Waals surface area contributed by atoms with Crippen molar-refractivity contribution < 1.29 is 13.2 Å². The van der Waals surface area contributed by atoms with Crippen molar-refractivity contribution in [1.29, 1.82) is 0 Å². The van der Waals surface area contributed by atoms with Gasteiger partial charge >= 0.3 is 0 Å². The average molecular weight is 448 g/mol. The van der Waals surface area contributed by atoms with Gasteiger partial charge in [-0.2, -0.15) is 0 Å². The van der Waals surface area contributed by atoms with Crippen LogP contribution in [-0.4, -0.2) is 62.6 Å². The predicted molar refractivity (Wildman–Crippen MR) is 119 cm³/mol. The van der Waals surface area contributed by atoms with Gasteiger partial charge in [-0.3, -0.25) is 14.0 Å². The maximum atomic E-state index is 13.0. The van der Waals surface area contributed by atoms with E-state index in [0.29, 0.717) is 42.3 Å². The van der Waals surface area contributed by atoms with E-state index >= 15 is 0 Å². The molecule has 0 aromatic heterocycles. The lowest BCUT2D eigenvalue weighted by Gasteiger charge is -2.35. The Bertz CT molecular complexity index is 1010. The minimum Gasteiger partial charge on any atom is -0.336 e. The molecule has 8 heteroatoms. The molecule has 0 radical (unpaired) electrons. The number of rotatable bonds is 4. The molecule has 2 aromatic carbocycles. The first-order chi connectivity index (χ1) is 14.4. The Morgan fingerprint density at radius 2 is 1.67 bits per heavy atom. The SMILES string of the molecule is O=C(c1ccc(N2CCCCS2(=O)=O)cc1Cl)N1CCN(Cc2ccccc2)CC1. The molecule has 0 aliphatic carbocycles. The second kappa shape index (κ2) is 8.96. The maximum absolute atomic E-state index is 13.0. The Hall–Kier alpha value is -2.09. The van der Waals surface area contributed by atoms with Crippen LogP contribution < -0.4 is 4.31 Å². The van der Waals surface area contributed by atoms with Gasteiger partial charge in [0, 0.05) is 39.3 Å². The van der Waals surface area contributed by atoms with E-state index in [1.54, 1.807) is 18.2 Å². The molecule has 6 nitrogen and oxygen atoms in total. The number of carbonyl (C=O) groups is 1. The van der Waals surface area contributed by atoms with Crippen LogP contribution in [0.15, 0.2) is 48.5 Å². The number of amides is 1. The first-order valence-corrected chi connectivity index (χ1v) is 12.3. The number of benzene rings is 2. The average Bonchev–Trinajstić information content (AvgIpc) is 2.74. The van der Waals surface area contributed by atoms with E-state index in [0.717, 1.165) is 26.1 Å². The van der Waals surface area contributed by atoms with Crippen LogP contribution in [0.4, 0.5) is 5.69 Å². The van der Waals surface area contributed by atoms with E-state index in [1.165, 1.54) is 9.87 Å². The molecule has 1 amide bonds. The molecule has 2 aromatic rings. The first-order valence-electron chi connectivity index (χ1n) is 10.3. The zero-order valence-corrected chi connectivity index (χ0v) is 18.4. The molecule has 2 aliphatic heterocycles. The van der Waals surface area contributed by atoms with Gasteiger partial charge in [-0.05, 0) is 36.6 Å². The van der Waals surface area contributed by atoms with Gasteiger partial charge in [0.15, 0.2) is 0 Å². The van der Waals surface area contributed by atoms with Crippen molar-refractivity contribution in [1.82, 2.24) is 9.80 Å². The van der Waals surface area contributed by atoms with Crippen LogP contribution in [0.2, 0.25) is 5.02 Å². The predicted octanol–water partition coefficient (Wildman–Crippen LogP) is 3.23. The van der Waals surface area contributed by atoms with Crippen molar-refractivity contribution in [2.75, 3.05) is 42.8 Å². The summed E-state index contributed by atoms with van der Waals surface area (Å²) in [4.78, 5) is 17.1. The second-order valence-corrected chi connectivity index (χ2v) is 10.2. The molecule has 2 aliphatic rings. The molecule has 2 fully saturated rings. The minimum absolute atomic E-state index is 0.104. The lowest BCUT2D eigenvalue weighted by atomic mass is 10.1. The number of carbonyl (C=O) groups excluding carboxylic acids is 1.